The first-order chi connectivity index (χ1) is 9.33. The Morgan fingerprint density at radius 2 is 1.85 bits per heavy atom. The largest absolute Gasteiger partial charge is 0.509 e. The Labute approximate surface area is 118 Å². The second-order valence-electron chi connectivity index (χ2n) is 6.07. The van der Waals surface area contributed by atoms with Crippen LogP contribution in [0.15, 0.2) is 12.2 Å². The van der Waals surface area contributed by atoms with E-state index in [9.17, 15) is 9.90 Å². The minimum absolute atomic E-state index is 0.167. The SMILES string of the molecule is CC(C)(C)OC(=O)OC1C=CC(O)CC2OCOC2C1. The first-order valence-corrected chi connectivity index (χ1v) is 6.83. The number of carbonyl (C=O) groups excluding carboxylic acids is 1. The highest BCUT2D eigenvalue weighted by Crippen LogP contribution is 2.26. The summed E-state index contributed by atoms with van der Waals surface area (Å²) in [5.74, 6) is 0. The van der Waals surface area contributed by atoms with Crippen molar-refractivity contribution in [2.75, 3.05) is 6.79 Å². The molecule has 6 nitrogen and oxygen atoms in total. The monoisotopic (exact) mass is 286 g/mol. The Balaban J connectivity index is 1.97. The van der Waals surface area contributed by atoms with E-state index in [0.717, 1.165) is 0 Å². The summed E-state index contributed by atoms with van der Waals surface area (Å²) in [6, 6.07) is 0. The number of rotatable bonds is 1. The van der Waals surface area contributed by atoms with Crippen LogP contribution in [-0.4, -0.2) is 48.1 Å². The van der Waals surface area contributed by atoms with Crippen molar-refractivity contribution in [3.63, 3.8) is 0 Å². The van der Waals surface area contributed by atoms with Crippen LogP contribution in [0.3, 0.4) is 0 Å². The van der Waals surface area contributed by atoms with Gasteiger partial charge in [0.25, 0.3) is 0 Å². The molecule has 0 amide bonds. The molecule has 1 aliphatic heterocycles. The van der Waals surface area contributed by atoms with Gasteiger partial charge in [-0.15, -0.1) is 0 Å². The lowest BCUT2D eigenvalue weighted by atomic mass is 9.97. The molecule has 0 aromatic carbocycles. The van der Waals surface area contributed by atoms with Crippen molar-refractivity contribution in [1.82, 2.24) is 0 Å². The maximum Gasteiger partial charge on any atom is 0.509 e. The summed E-state index contributed by atoms with van der Waals surface area (Å²) in [7, 11) is 0. The molecule has 114 valence electrons. The van der Waals surface area contributed by atoms with Gasteiger partial charge in [-0.3, -0.25) is 0 Å². The zero-order valence-corrected chi connectivity index (χ0v) is 12.1. The van der Waals surface area contributed by atoms with E-state index in [1.165, 1.54) is 0 Å². The Morgan fingerprint density at radius 3 is 2.50 bits per heavy atom. The number of aliphatic hydroxyl groups excluding tert-OH is 1. The third kappa shape index (κ3) is 4.47. The Bertz CT molecular complexity index is 372. The van der Waals surface area contributed by atoms with Crippen LogP contribution in [0.5, 0.6) is 0 Å². The smallest absolute Gasteiger partial charge is 0.429 e. The summed E-state index contributed by atoms with van der Waals surface area (Å²) >= 11 is 0. The fourth-order valence-electron chi connectivity index (χ4n) is 2.23. The molecular formula is C14H22O6. The van der Waals surface area contributed by atoms with E-state index in [1.54, 1.807) is 32.9 Å². The van der Waals surface area contributed by atoms with Gasteiger partial charge in [0.15, 0.2) is 0 Å². The number of ether oxygens (including phenoxy) is 4. The van der Waals surface area contributed by atoms with Gasteiger partial charge in [-0.2, -0.15) is 0 Å². The third-order valence-corrected chi connectivity index (χ3v) is 3.10. The van der Waals surface area contributed by atoms with Gasteiger partial charge in [-0.25, -0.2) is 4.79 Å². The van der Waals surface area contributed by atoms with E-state index in [-0.39, 0.29) is 19.0 Å². The quantitative estimate of drug-likeness (QED) is 0.585. The minimum Gasteiger partial charge on any atom is -0.429 e. The molecule has 0 aromatic heterocycles. The van der Waals surface area contributed by atoms with Gasteiger partial charge in [-0.1, -0.05) is 6.08 Å². The van der Waals surface area contributed by atoms with Crippen LogP contribution in [0.1, 0.15) is 33.6 Å². The molecule has 4 atom stereocenters. The van der Waals surface area contributed by atoms with Crippen molar-refractivity contribution in [3.05, 3.63) is 12.2 Å². The number of hydrogen-bond donors (Lipinski definition) is 1. The third-order valence-electron chi connectivity index (χ3n) is 3.10. The molecule has 1 fully saturated rings. The predicted octanol–water partition coefficient (Wildman–Crippen LogP) is 1.76. The van der Waals surface area contributed by atoms with Crippen LogP contribution in [0.2, 0.25) is 0 Å². The standard InChI is InChI=1S/C14H22O6/c1-14(2,3)20-13(16)19-10-5-4-9(15)6-11-12(7-10)18-8-17-11/h4-5,9-12,15H,6-8H2,1-3H3. The lowest BCUT2D eigenvalue weighted by Crippen LogP contribution is -2.34. The van der Waals surface area contributed by atoms with E-state index >= 15 is 0 Å². The van der Waals surface area contributed by atoms with Gasteiger partial charge in [0.05, 0.1) is 18.3 Å². The lowest BCUT2D eigenvalue weighted by Gasteiger charge is -2.26. The van der Waals surface area contributed by atoms with Gasteiger partial charge >= 0.3 is 6.16 Å². The van der Waals surface area contributed by atoms with Crippen LogP contribution >= 0.6 is 0 Å². The predicted molar refractivity (Wildman–Crippen MR) is 70.1 cm³/mol. The summed E-state index contributed by atoms with van der Waals surface area (Å²) in [6.07, 6.45) is 2.08. The van der Waals surface area contributed by atoms with Crippen molar-refractivity contribution < 1.29 is 28.8 Å². The normalized spacial score (nSPS) is 34.0. The van der Waals surface area contributed by atoms with Crippen LogP contribution in [0.4, 0.5) is 4.79 Å². The van der Waals surface area contributed by atoms with Gasteiger partial charge in [-0.05, 0) is 26.8 Å². The minimum atomic E-state index is -0.724. The first-order valence-electron chi connectivity index (χ1n) is 6.83. The molecule has 0 aromatic rings. The molecule has 20 heavy (non-hydrogen) atoms. The van der Waals surface area contributed by atoms with Crippen molar-refractivity contribution in [2.24, 2.45) is 0 Å². The molecule has 1 saturated heterocycles. The molecule has 2 rings (SSSR count). The molecule has 4 unspecified atom stereocenters. The van der Waals surface area contributed by atoms with Crippen molar-refractivity contribution in [1.29, 1.82) is 0 Å². The molecular weight excluding hydrogens is 264 g/mol. The topological polar surface area (TPSA) is 74.2 Å². The van der Waals surface area contributed by atoms with E-state index < -0.39 is 24.0 Å². The van der Waals surface area contributed by atoms with E-state index in [1.807, 2.05) is 0 Å². The number of hydrogen-bond acceptors (Lipinski definition) is 6. The van der Waals surface area contributed by atoms with E-state index in [4.69, 9.17) is 18.9 Å². The molecule has 1 N–H and O–H groups in total. The Kier molecular flexibility index (Phi) is 4.67. The van der Waals surface area contributed by atoms with Gasteiger partial charge in [0, 0.05) is 12.8 Å². The van der Waals surface area contributed by atoms with Crippen LogP contribution in [0.25, 0.3) is 0 Å². The zero-order chi connectivity index (χ0) is 14.8. The first kappa shape index (κ1) is 15.3. The zero-order valence-electron chi connectivity index (χ0n) is 12.1. The summed E-state index contributed by atoms with van der Waals surface area (Å²) in [5.41, 5.74) is -0.600. The molecule has 1 aliphatic carbocycles. The van der Waals surface area contributed by atoms with Crippen molar-refractivity contribution in [3.8, 4) is 0 Å². The average molecular weight is 286 g/mol. The summed E-state index contributed by atoms with van der Waals surface area (Å²) < 4.78 is 21.2. The highest BCUT2D eigenvalue weighted by atomic mass is 16.7. The molecule has 0 saturated carbocycles. The number of carbonyl (C=O) groups is 1. The van der Waals surface area contributed by atoms with Crippen LogP contribution in [0, 0.1) is 0 Å². The van der Waals surface area contributed by atoms with Gasteiger partial charge in [0.1, 0.15) is 18.5 Å². The highest BCUT2D eigenvalue weighted by molar-refractivity contribution is 5.61. The summed E-state index contributed by atoms with van der Waals surface area (Å²) in [4.78, 5) is 11.7. The van der Waals surface area contributed by atoms with Crippen LogP contribution in [-0.2, 0) is 18.9 Å². The lowest BCUT2D eigenvalue weighted by molar-refractivity contribution is -0.0302. The summed E-state index contributed by atoms with van der Waals surface area (Å²) in [5, 5.41) is 9.81. The average Bonchev–Trinajstić information content (AvgIpc) is 2.68. The molecule has 0 spiro atoms. The van der Waals surface area contributed by atoms with Crippen molar-refractivity contribution in [2.45, 2.75) is 63.6 Å². The molecule has 6 heteroatoms. The maximum atomic E-state index is 11.7. The summed E-state index contributed by atoms with van der Waals surface area (Å²) in [6.45, 7) is 5.53. The molecule has 2 aliphatic rings. The number of aliphatic hydroxyl groups is 1. The Morgan fingerprint density at radius 1 is 1.20 bits per heavy atom. The number of fused-ring (bicyclic) bond motifs is 1. The van der Waals surface area contributed by atoms with E-state index in [0.29, 0.717) is 12.8 Å². The van der Waals surface area contributed by atoms with Gasteiger partial charge in [0.2, 0.25) is 0 Å². The highest BCUT2D eigenvalue weighted by Gasteiger charge is 2.35. The maximum absolute atomic E-state index is 11.7. The second-order valence-corrected chi connectivity index (χ2v) is 6.07. The molecule has 0 bridgehead atoms. The molecule has 1 heterocycles. The van der Waals surface area contributed by atoms with Gasteiger partial charge < -0.3 is 24.1 Å². The fraction of sp³-hybridized carbons (Fsp3) is 0.786. The molecule has 0 radical (unpaired) electrons. The van der Waals surface area contributed by atoms with Crippen molar-refractivity contribution >= 4 is 6.16 Å². The Hall–Kier alpha value is -1.11. The van der Waals surface area contributed by atoms with E-state index in [2.05, 4.69) is 0 Å². The van der Waals surface area contributed by atoms with Crippen LogP contribution < -0.4 is 0 Å². The fourth-order valence-corrected chi connectivity index (χ4v) is 2.23. The second kappa shape index (κ2) is 6.11.